The van der Waals surface area contributed by atoms with Gasteiger partial charge in [-0.25, -0.2) is 0 Å². The van der Waals surface area contributed by atoms with Gasteiger partial charge in [0, 0.05) is 19.5 Å². The van der Waals surface area contributed by atoms with Crippen LogP contribution in [0.25, 0.3) is 0 Å². The zero-order valence-electron chi connectivity index (χ0n) is 12.3. The monoisotopic (exact) mass is 389 g/mol. The third-order valence-electron chi connectivity index (χ3n) is 3.43. The van der Waals surface area contributed by atoms with E-state index >= 15 is 0 Å². The molecule has 2 rings (SSSR count). The summed E-state index contributed by atoms with van der Waals surface area (Å²) < 4.78 is 5.89. The summed E-state index contributed by atoms with van der Waals surface area (Å²) >= 11 is 0. The highest BCUT2D eigenvalue weighted by molar-refractivity contribution is 14.0. The number of ether oxygens (including phenoxy) is 1. The van der Waals surface area contributed by atoms with Crippen LogP contribution in [-0.2, 0) is 6.42 Å². The Balaban J connectivity index is 0.00000200. The summed E-state index contributed by atoms with van der Waals surface area (Å²) in [6.07, 6.45) is 2.23. The van der Waals surface area contributed by atoms with Crippen LogP contribution in [0.5, 0.6) is 5.75 Å². The van der Waals surface area contributed by atoms with Crippen LogP contribution in [0.1, 0.15) is 25.8 Å². The minimum Gasteiger partial charge on any atom is -0.488 e. The van der Waals surface area contributed by atoms with E-state index in [0.29, 0.717) is 6.04 Å². The van der Waals surface area contributed by atoms with Crippen molar-refractivity contribution in [1.82, 2.24) is 10.6 Å². The lowest BCUT2D eigenvalue weighted by Gasteiger charge is -2.18. The zero-order chi connectivity index (χ0) is 13.7. The standard InChI is InChI=1S/C15H23N3O.HI/c1-4-11(2)18-15(16-3)17-10-13-9-12-7-5-6-8-14(12)19-13;/h5-8,11,13H,4,9-10H2,1-3H3,(H2,16,17,18);1H. The maximum atomic E-state index is 5.89. The molecule has 0 amide bonds. The first-order chi connectivity index (χ1) is 9.22. The highest BCUT2D eigenvalue weighted by Crippen LogP contribution is 2.27. The molecule has 0 radical (unpaired) electrons. The molecule has 2 N–H and O–H groups in total. The highest BCUT2D eigenvalue weighted by Gasteiger charge is 2.22. The molecule has 1 aliphatic heterocycles. The first-order valence-corrected chi connectivity index (χ1v) is 6.94. The minimum absolute atomic E-state index is 0. The van der Waals surface area contributed by atoms with Gasteiger partial charge in [-0.1, -0.05) is 25.1 Å². The summed E-state index contributed by atoms with van der Waals surface area (Å²) in [7, 11) is 1.79. The van der Waals surface area contributed by atoms with Crippen LogP contribution in [0.4, 0.5) is 0 Å². The number of hydrogen-bond donors (Lipinski definition) is 2. The number of fused-ring (bicyclic) bond motifs is 1. The smallest absolute Gasteiger partial charge is 0.191 e. The van der Waals surface area contributed by atoms with Gasteiger partial charge in [-0.3, -0.25) is 4.99 Å². The number of nitrogens with one attached hydrogen (secondary N) is 2. The van der Waals surface area contributed by atoms with E-state index in [1.165, 1.54) is 5.56 Å². The molecular weight excluding hydrogens is 365 g/mol. The molecule has 0 aliphatic carbocycles. The Kier molecular flexibility index (Phi) is 7.12. The van der Waals surface area contributed by atoms with Crippen molar-refractivity contribution in [2.45, 2.75) is 38.8 Å². The molecule has 1 aliphatic rings. The predicted octanol–water partition coefficient (Wildman–Crippen LogP) is 2.57. The second-order valence-corrected chi connectivity index (χ2v) is 4.96. The second-order valence-electron chi connectivity index (χ2n) is 4.96. The van der Waals surface area contributed by atoms with E-state index in [2.05, 4.69) is 41.6 Å². The fourth-order valence-corrected chi connectivity index (χ4v) is 2.11. The van der Waals surface area contributed by atoms with Crippen LogP contribution >= 0.6 is 24.0 Å². The van der Waals surface area contributed by atoms with Crippen LogP contribution in [0.15, 0.2) is 29.3 Å². The van der Waals surface area contributed by atoms with Crippen molar-refractivity contribution in [2.75, 3.05) is 13.6 Å². The number of aliphatic imine (C=N–C) groups is 1. The van der Waals surface area contributed by atoms with E-state index in [0.717, 1.165) is 31.1 Å². The zero-order valence-corrected chi connectivity index (χ0v) is 14.7. The Labute approximate surface area is 138 Å². The minimum atomic E-state index is 0. The van der Waals surface area contributed by atoms with E-state index in [-0.39, 0.29) is 30.1 Å². The summed E-state index contributed by atoms with van der Waals surface area (Å²) in [4.78, 5) is 4.22. The van der Waals surface area contributed by atoms with Gasteiger partial charge in [0.15, 0.2) is 5.96 Å². The van der Waals surface area contributed by atoms with Gasteiger partial charge in [0.1, 0.15) is 11.9 Å². The molecule has 0 aromatic heterocycles. The number of nitrogens with zero attached hydrogens (tertiary/aromatic N) is 1. The lowest BCUT2D eigenvalue weighted by Crippen LogP contribution is -2.45. The van der Waals surface area contributed by atoms with Crippen molar-refractivity contribution >= 4 is 29.9 Å². The van der Waals surface area contributed by atoms with Crippen LogP contribution in [0.3, 0.4) is 0 Å². The van der Waals surface area contributed by atoms with Gasteiger partial charge >= 0.3 is 0 Å². The lowest BCUT2D eigenvalue weighted by atomic mass is 10.1. The second kappa shape index (κ2) is 8.34. The molecule has 0 saturated carbocycles. The molecule has 5 heteroatoms. The molecule has 1 aromatic rings. The number of benzene rings is 1. The third-order valence-corrected chi connectivity index (χ3v) is 3.43. The Morgan fingerprint density at radius 3 is 2.85 bits per heavy atom. The highest BCUT2D eigenvalue weighted by atomic mass is 127. The number of guanidine groups is 1. The molecule has 1 heterocycles. The number of halogens is 1. The van der Waals surface area contributed by atoms with Crippen LogP contribution in [0.2, 0.25) is 0 Å². The average Bonchev–Trinajstić information content (AvgIpc) is 2.85. The van der Waals surface area contributed by atoms with E-state index < -0.39 is 0 Å². The van der Waals surface area contributed by atoms with Crippen molar-refractivity contribution in [3.8, 4) is 5.75 Å². The molecule has 4 nitrogen and oxygen atoms in total. The Hall–Kier alpha value is -0.980. The van der Waals surface area contributed by atoms with E-state index in [4.69, 9.17) is 4.74 Å². The normalized spacial score (nSPS) is 18.6. The summed E-state index contributed by atoms with van der Waals surface area (Å²) in [6.45, 7) is 5.07. The van der Waals surface area contributed by atoms with E-state index in [1.54, 1.807) is 7.05 Å². The molecule has 0 bridgehead atoms. The first kappa shape index (κ1) is 17.1. The number of hydrogen-bond acceptors (Lipinski definition) is 2. The van der Waals surface area contributed by atoms with Crippen molar-refractivity contribution in [1.29, 1.82) is 0 Å². The van der Waals surface area contributed by atoms with Crippen molar-refractivity contribution in [3.63, 3.8) is 0 Å². The van der Waals surface area contributed by atoms with Crippen LogP contribution in [-0.4, -0.2) is 31.7 Å². The Morgan fingerprint density at radius 2 is 2.20 bits per heavy atom. The fourth-order valence-electron chi connectivity index (χ4n) is 2.11. The SMILES string of the molecule is CCC(C)NC(=NC)NCC1Cc2ccccc2O1.I. The van der Waals surface area contributed by atoms with E-state index in [9.17, 15) is 0 Å². The number of rotatable bonds is 4. The van der Waals surface area contributed by atoms with Crippen molar-refractivity contribution in [3.05, 3.63) is 29.8 Å². The maximum absolute atomic E-state index is 5.89. The molecule has 112 valence electrons. The summed E-state index contributed by atoms with van der Waals surface area (Å²) in [5.41, 5.74) is 1.29. The van der Waals surface area contributed by atoms with Gasteiger partial charge in [-0.05, 0) is 25.0 Å². The first-order valence-electron chi connectivity index (χ1n) is 6.94. The Morgan fingerprint density at radius 1 is 1.45 bits per heavy atom. The van der Waals surface area contributed by atoms with E-state index in [1.807, 2.05) is 12.1 Å². The quantitative estimate of drug-likeness (QED) is 0.473. The maximum Gasteiger partial charge on any atom is 0.191 e. The van der Waals surface area contributed by atoms with Gasteiger partial charge in [0.2, 0.25) is 0 Å². The van der Waals surface area contributed by atoms with Crippen LogP contribution in [0, 0.1) is 0 Å². The summed E-state index contributed by atoms with van der Waals surface area (Å²) in [5.74, 6) is 1.85. The third kappa shape index (κ3) is 4.54. The average molecular weight is 389 g/mol. The lowest BCUT2D eigenvalue weighted by molar-refractivity contribution is 0.234. The molecule has 0 spiro atoms. The van der Waals surface area contributed by atoms with Crippen molar-refractivity contribution in [2.24, 2.45) is 4.99 Å². The molecule has 0 fully saturated rings. The molecular formula is C15H24IN3O. The predicted molar refractivity (Wildman–Crippen MR) is 94.2 cm³/mol. The van der Waals surface area contributed by atoms with Gasteiger partial charge in [-0.15, -0.1) is 24.0 Å². The van der Waals surface area contributed by atoms with Crippen molar-refractivity contribution < 1.29 is 4.74 Å². The molecule has 2 atom stereocenters. The van der Waals surface area contributed by atoms with Gasteiger partial charge in [-0.2, -0.15) is 0 Å². The number of para-hydroxylation sites is 1. The molecule has 20 heavy (non-hydrogen) atoms. The topological polar surface area (TPSA) is 45.7 Å². The molecule has 1 aromatic carbocycles. The Bertz CT molecular complexity index is 425. The van der Waals surface area contributed by atoms with Gasteiger partial charge < -0.3 is 15.4 Å². The summed E-state index contributed by atoms with van der Waals surface area (Å²) in [6, 6.07) is 8.65. The van der Waals surface area contributed by atoms with Gasteiger partial charge in [0.05, 0.1) is 6.54 Å². The van der Waals surface area contributed by atoms with Gasteiger partial charge in [0.25, 0.3) is 0 Å². The fraction of sp³-hybridized carbons (Fsp3) is 0.533. The largest absolute Gasteiger partial charge is 0.488 e. The molecule has 2 unspecified atom stereocenters. The van der Waals surface area contributed by atoms with Crippen LogP contribution < -0.4 is 15.4 Å². The molecule has 0 saturated heterocycles. The summed E-state index contributed by atoms with van der Waals surface area (Å²) in [5, 5.41) is 6.67.